The molecule has 2 atom stereocenters. The van der Waals surface area contributed by atoms with Crippen molar-refractivity contribution in [3.05, 3.63) is 65.7 Å². The summed E-state index contributed by atoms with van der Waals surface area (Å²) in [4.78, 5) is 14.5. The SMILES string of the molecule is O=C(CN1CC[C@@]2(CCCO2)[C@@H](OCc2ccccc2)C1)Nc1ccccc1C(F)(F)F. The minimum atomic E-state index is -4.53. The van der Waals surface area contributed by atoms with Crippen LogP contribution in [0.5, 0.6) is 0 Å². The number of alkyl halides is 3. The molecule has 2 heterocycles. The average molecular weight is 448 g/mol. The Hall–Kier alpha value is -2.42. The van der Waals surface area contributed by atoms with Crippen molar-refractivity contribution < 1.29 is 27.4 Å². The number of amides is 1. The van der Waals surface area contributed by atoms with Crippen molar-refractivity contribution in [2.75, 3.05) is 31.6 Å². The summed E-state index contributed by atoms with van der Waals surface area (Å²) >= 11 is 0. The van der Waals surface area contributed by atoms with Crippen LogP contribution < -0.4 is 5.32 Å². The second-order valence-electron chi connectivity index (χ2n) is 8.38. The number of nitrogens with one attached hydrogen (secondary N) is 1. The minimum Gasteiger partial charge on any atom is -0.372 e. The normalized spacial score (nSPS) is 24.0. The second-order valence-corrected chi connectivity index (χ2v) is 8.38. The zero-order chi connectivity index (χ0) is 22.6. The highest BCUT2D eigenvalue weighted by molar-refractivity contribution is 5.93. The van der Waals surface area contributed by atoms with Gasteiger partial charge in [0.1, 0.15) is 0 Å². The molecule has 0 aromatic heterocycles. The molecule has 2 aliphatic heterocycles. The molecular formula is C24H27F3N2O3. The van der Waals surface area contributed by atoms with E-state index in [0.717, 1.165) is 30.9 Å². The lowest BCUT2D eigenvalue weighted by Crippen LogP contribution is -2.57. The van der Waals surface area contributed by atoms with Crippen LogP contribution in [0.25, 0.3) is 0 Å². The predicted molar refractivity (Wildman–Crippen MR) is 114 cm³/mol. The lowest BCUT2D eigenvalue weighted by molar-refractivity contribution is -0.159. The molecule has 172 valence electrons. The number of carbonyl (C=O) groups excluding carboxylic acids is 1. The van der Waals surface area contributed by atoms with Crippen LogP contribution in [0.1, 0.15) is 30.4 Å². The van der Waals surface area contributed by atoms with E-state index in [1.54, 1.807) is 0 Å². The molecule has 2 aromatic carbocycles. The Balaban J connectivity index is 1.40. The average Bonchev–Trinajstić information content (AvgIpc) is 3.24. The van der Waals surface area contributed by atoms with Gasteiger partial charge in [0.05, 0.1) is 36.1 Å². The van der Waals surface area contributed by atoms with E-state index in [4.69, 9.17) is 9.47 Å². The number of para-hydroxylation sites is 1. The summed E-state index contributed by atoms with van der Waals surface area (Å²) in [6.07, 6.45) is -2.14. The van der Waals surface area contributed by atoms with Gasteiger partial charge in [-0.15, -0.1) is 0 Å². The number of benzene rings is 2. The van der Waals surface area contributed by atoms with Crippen LogP contribution in [-0.2, 0) is 27.1 Å². The third kappa shape index (κ3) is 5.31. The van der Waals surface area contributed by atoms with Gasteiger partial charge in [-0.25, -0.2) is 0 Å². The van der Waals surface area contributed by atoms with Crippen molar-refractivity contribution in [1.29, 1.82) is 0 Å². The maximum absolute atomic E-state index is 13.2. The number of likely N-dealkylation sites (tertiary alicyclic amines) is 1. The monoisotopic (exact) mass is 448 g/mol. The molecule has 0 saturated carbocycles. The summed E-state index contributed by atoms with van der Waals surface area (Å²) in [5.41, 5.74) is -0.381. The van der Waals surface area contributed by atoms with Gasteiger partial charge >= 0.3 is 6.18 Å². The van der Waals surface area contributed by atoms with Gasteiger partial charge in [0.25, 0.3) is 0 Å². The Labute approximate surface area is 185 Å². The quantitative estimate of drug-likeness (QED) is 0.708. The maximum atomic E-state index is 13.2. The Bertz CT molecular complexity index is 914. The third-order valence-electron chi connectivity index (χ3n) is 6.16. The fraction of sp³-hybridized carbons (Fsp3) is 0.458. The van der Waals surface area contributed by atoms with E-state index >= 15 is 0 Å². The summed E-state index contributed by atoms with van der Waals surface area (Å²) in [5, 5.41) is 2.43. The molecule has 1 N–H and O–H groups in total. The van der Waals surface area contributed by atoms with E-state index < -0.39 is 17.6 Å². The molecule has 4 rings (SSSR count). The Morgan fingerprint density at radius 1 is 1.12 bits per heavy atom. The van der Waals surface area contributed by atoms with Gasteiger partial charge in [-0.3, -0.25) is 9.69 Å². The number of piperidine rings is 1. The number of carbonyl (C=O) groups is 1. The summed E-state index contributed by atoms with van der Waals surface area (Å²) in [6, 6.07) is 14.9. The number of ether oxygens (including phenoxy) is 2. The van der Waals surface area contributed by atoms with Crippen molar-refractivity contribution in [1.82, 2.24) is 4.90 Å². The van der Waals surface area contributed by atoms with E-state index in [0.29, 0.717) is 26.3 Å². The molecular weight excluding hydrogens is 421 g/mol. The van der Waals surface area contributed by atoms with Crippen molar-refractivity contribution in [3.8, 4) is 0 Å². The first-order valence-electron chi connectivity index (χ1n) is 10.8. The van der Waals surface area contributed by atoms with Gasteiger partial charge in [-0.1, -0.05) is 42.5 Å². The van der Waals surface area contributed by atoms with E-state index in [9.17, 15) is 18.0 Å². The molecule has 0 aliphatic carbocycles. The number of halogens is 3. The van der Waals surface area contributed by atoms with Gasteiger partial charge in [0, 0.05) is 19.7 Å². The molecule has 2 saturated heterocycles. The molecule has 0 bridgehead atoms. The standard InChI is InChI=1S/C24H27F3N2O3/c25-24(26,27)19-9-4-5-10-20(19)28-22(30)16-29-13-12-23(11-6-14-32-23)21(15-29)31-17-18-7-2-1-3-8-18/h1-5,7-10,21H,6,11-17H2,(H,28,30)/t21-,23-/m0/s1. The molecule has 0 unspecified atom stereocenters. The van der Waals surface area contributed by atoms with Crippen LogP contribution in [0.2, 0.25) is 0 Å². The first kappa shape index (κ1) is 22.8. The number of anilines is 1. The summed E-state index contributed by atoms with van der Waals surface area (Å²) in [5.74, 6) is -0.480. The summed E-state index contributed by atoms with van der Waals surface area (Å²) in [7, 11) is 0. The van der Waals surface area contributed by atoms with Gasteiger partial charge in [0.2, 0.25) is 5.91 Å². The smallest absolute Gasteiger partial charge is 0.372 e. The van der Waals surface area contributed by atoms with Gasteiger partial charge in [-0.2, -0.15) is 13.2 Å². The first-order chi connectivity index (χ1) is 15.4. The van der Waals surface area contributed by atoms with Crippen molar-refractivity contribution in [2.24, 2.45) is 0 Å². The molecule has 1 amide bonds. The number of hydrogen-bond donors (Lipinski definition) is 1. The highest BCUT2D eigenvalue weighted by atomic mass is 19.4. The summed E-state index contributed by atoms with van der Waals surface area (Å²) in [6.45, 7) is 2.24. The molecule has 8 heteroatoms. The van der Waals surface area contributed by atoms with Crippen LogP contribution >= 0.6 is 0 Å². The third-order valence-corrected chi connectivity index (χ3v) is 6.16. The van der Waals surface area contributed by atoms with E-state index in [1.165, 1.54) is 18.2 Å². The fourth-order valence-corrected chi connectivity index (χ4v) is 4.52. The van der Waals surface area contributed by atoms with Gasteiger partial charge < -0.3 is 14.8 Å². The van der Waals surface area contributed by atoms with E-state index in [-0.39, 0.29) is 23.9 Å². The van der Waals surface area contributed by atoms with Crippen molar-refractivity contribution >= 4 is 11.6 Å². The molecule has 2 fully saturated rings. The molecule has 5 nitrogen and oxygen atoms in total. The van der Waals surface area contributed by atoms with Crippen LogP contribution in [0.15, 0.2) is 54.6 Å². The number of hydrogen-bond acceptors (Lipinski definition) is 4. The van der Waals surface area contributed by atoms with Crippen molar-refractivity contribution in [3.63, 3.8) is 0 Å². The van der Waals surface area contributed by atoms with E-state index in [2.05, 4.69) is 5.32 Å². The van der Waals surface area contributed by atoms with Crippen molar-refractivity contribution in [2.45, 2.75) is 43.8 Å². The second kappa shape index (κ2) is 9.60. The zero-order valence-corrected chi connectivity index (χ0v) is 17.7. The molecule has 1 spiro atoms. The fourth-order valence-electron chi connectivity index (χ4n) is 4.52. The summed E-state index contributed by atoms with van der Waals surface area (Å²) < 4.78 is 52.0. The highest BCUT2D eigenvalue weighted by Gasteiger charge is 2.47. The minimum absolute atomic E-state index is 0.00648. The predicted octanol–water partition coefficient (Wildman–Crippen LogP) is 4.48. The van der Waals surface area contributed by atoms with Crippen LogP contribution in [0, 0.1) is 0 Å². The Kier molecular flexibility index (Phi) is 6.83. The first-order valence-corrected chi connectivity index (χ1v) is 10.8. The largest absolute Gasteiger partial charge is 0.418 e. The Morgan fingerprint density at radius 3 is 2.59 bits per heavy atom. The van der Waals surface area contributed by atoms with E-state index in [1.807, 2.05) is 35.2 Å². The maximum Gasteiger partial charge on any atom is 0.418 e. The number of rotatable bonds is 6. The topological polar surface area (TPSA) is 50.8 Å². The Morgan fingerprint density at radius 2 is 1.88 bits per heavy atom. The lowest BCUT2D eigenvalue weighted by Gasteiger charge is -2.44. The van der Waals surface area contributed by atoms with Crippen LogP contribution in [-0.4, -0.2) is 48.8 Å². The zero-order valence-electron chi connectivity index (χ0n) is 17.7. The van der Waals surface area contributed by atoms with Crippen LogP contribution in [0.3, 0.4) is 0 Å². The van der Waals surface area contributed by atoms with Gasteiger partial charge in [-0.05, 0) is 37.0 Å². The molecule has 2 aliphatic rings. The molecule has 0 radical (unpaired) electrons. The molecule has 2 aromatic rings. The van der Waals surface area contributed by atoms with Gasteiger partial charge in [0.15, 0.2) is 0 Å². The van der Waals surface area contributed by atoms with Crippen LogP contribution in [0.4, 0.5) is 18.9 Å². The molecule has 32 heavy (non-hydrogen) atoms. The number of nitrogens with zero attached hydrogens (tertiary/aromatic N) is 1. The lowest BCUT2D eigenvalue weighted by atomic mass is 9.85. The highest BCUT2D eigenvalue weighted by Crippen LogP contribution is 2.38.